The number of hydrogen-bond acceptors (Lipinski definition) is 4. The maximum atomic E-state index is 12.3. The number of nitrogens with one attached hydrogen (secondary N) is 4. The normalized spacial score (nSPS) is 19.4. The standard InChI is InChI=1S/2C24H46N2O2/c2*1-3-5-7-9-11-13-19-23(27)25-21-17-15-16-18-22(21)26-24(28)20-14-12-10-8-6-4-2/h2*21-22H,3-20H2,1-2H3,(H,25,27)(H,26,28). The lowest BCUT2D eigenvalue weighted by atomic mass is 9.90. The third-order valence-electron chi connectivity index (χ3n) is 11.9. The molecule has 0 aromatic carbocycles. The topological polar surface area (TPSA) is 116 Å². The van der Waals surface area contributed by atoms with Crippen molar-refractivity contribution in [2.45, 2.75) is 283 Å². The third kappa shape index (κ3) is 29.1. The van der Waals surface area contributed by atoms with E-state index in [0.717, 1.165) is 103 Å². The van der Waals surface area contributed by atoms with Crippen LogP contribution < -0.4 is 21.3 Å². The fourth-order valence-corrected chi connectivity index (χ4v) is 8.33. The van der Waals surface area contributed by atoms with E-state index in [1.807, 2.05) is 0 Å². The summed E-state index contributed by atoms with van der Waals surface area (Å²) in [7, 11) is 0. The number of carbonyl (C=O) groups is 4. The predicted octanol–water partition coefficient (Wildman–Crippen LogP) is 12.1. The average Bonchev–Trinajstić information content (AvgIpc) is 3.19. The molecule has 0 radical (unpaired) electrons. The highest BCUT2D eigenvalue weighted by atomic mass is 16.2. The molecule has 4 unspecified atom stereocenters. The Kier molecular flexibility index (Phi) is 34.4. The van der Waals surface area contributed by atoms with Gasteiger partial charge in [-0.15, -0.1) is 0 Å². The number of unbranched alkanes of at least 4 members (excludes halogenated alkanes) is 20. The van der Waals surface area contributed by atoms with Crippen molar-refractivity contribution in [3.63, 3.8) is 0 Å². The Labute approximate surface area is 346 Å². The Balaban J connectivity index is 0.000000560. The van der Waals surface area contributed by atoms with Gasteiger partial charge in [0.1, 0.15) is 0 Å². The van der Waals surface area contributed by atoms with Gasteiger partial charge in [0, 0.05) is 49.9 Å². The van der Waals surface area contributed by atoms with E-state index in [2.05, 4.69) is 49.0 Å². The minimum atomic E-state index is 0.120. The van der Waals surface area contributed by atoms with E-state index in [4.69, 9.17) is 0 Å². The summed E-state index contributed by atoms with van der Waals surface area (Å²) in [5, 5.41) is 12.9. The third-order valence-corrected chi connectivity index (χ3v) is 11.9. The van der Waals surface area contributed by atoms with Gasteiger partial charge in [-0.3, -0.25) is 19.2 Å². The second kappa shape index (κ2) is 37.2. The summed E-state index contributed by atoms with van der Waals surface area (Å²) in [5.74, 6) is 0.658. The summed E-state index contributed by atoms with van der Waals surface area (Å²) >= 11 is 0. The second-order valence-electron chi connectivity index (χ2n) is 17.3. The van der Waals surface area contributed by atoms with E-state index in [1.165, 1.54) is 103 Å². The predicted molar refractivity (Wildman–Crippen MR) is 237 cm³/mol. The Bertz CT molecular complexity index is 823. The van der Waals surface area contributed by atoms with E-state index in [9.17, 15) is 19.2 Å². The molecule has 2 saturated carbocycles. The SMILES string of the molecule is CCCCCCCCC(=O)NC1CCCCC1NC(=O)CCCCCCCC.CCCCCCCCC(=O)NC1CCCCC1NC(=O)CCCCCCCC. The maximum absolute atomic E-state index is 12.3. The molecule has 56 heavy (non-hydrogen) atoms. The van der Waals surface area contributed by atoms with E-state index < -0.39 is 0 Å². The monoisotopic (exact) mass is 789 g/mol. The molecule has 4 amide bonds. The van der Waals surface area contributed by atoms with Gasteiger partial charge in [-0.05, 0) is 51.4 Å². The van der Waals surface area contributed by atoms with Crippen molar-refractivity contribution >= 4 is 23.6 Å². The zero-order chi connectivity index (χ0) is 40.9. The molecule has 8 heteroatoms. The number of hydrogen-bond donors (Lipinski definition) is 4. The lowest BCUT2D eigenvalue weighted by molar-refractivity contribution is -0.125. The van der Waals surface area contributed by atoms with Crippen molar-refractivity contribution in [1.82, 2.24) is 21.3 Å². The molecule has 8 nitrogen and oxygen atoms in total. The van der Waals surface area contributed by atoms with Gasteiger partial charge in [0.2, 0.25) is 23.6 Å². The zero-order valence-electron chi connectivity index (χ0n) is 37.4. The minimum absolute atomic E-state index is 0.120. The van der Waals surface area contributed by atoms with Gasteiger partial charge in [0.25, 0.3) is 0 Å². The quantitative estimate of drug-likeness (QED) is 0.0508. The minimum Gasteiger partial charge on any atom is -0.351 e. The fraction of sp³-hybridized carbons (Fsp3) is 0.917. The van der Waals surface area contributed by atoms with E-state index >= 15 is 0 Å². The molecule has 4 atom stereocenters. The van der Waals surface area contributed by atoms with Crippen LogP contribution in [0.15, 0.2) is 0 Å². The lowest BCUT2D eigenvalue weighted by Gasteiger charge is -2.33. The van der Waals surface area contributed by atoms with Gasteiger partial charge < -0.3 is 21.3 Å². The van der Waals surface area contributed by atoms with Gasteiger partial charge in [-0.2, -0.15) is 0 Å². The Hall–Kier alpha value is -2.12. The molecule has 0 aromatic heterocycles. The highest BCUT2D eigenvalue weighted by Gasteiger charge is 2.28. The molecule has 0 aliphatic heterocycles. The zero-order valence-corrected chi connectivity index (χ0v) is 37.4. The van der Waals surface area contributed by atoms with Crippen molar-refractivity contribution in [1.29, 1.82) is 0 Å². The second-order valence-corrected chi connectivity index (χ2v) is 17.3. The van der Waals surface area contributed by atoms with Crippen LogP contribution in [0.1, 0.15) is 259 Å². The first-order valence-corrected chi connectivity index (χ1v) is 24.5. The molecular formula is C48H92N4O4. The molecule has 2 fully saturated rings. The molecule has 0 heterocycles. The largest absolute Gasteiger partial charge is 0.351 e. The summed E-state index contributed by atoms with van der Waals surface area (Å²) in [5.41, 5.74) is 0. The van der Waals surface area contributed by atoms with Crippen LogP contribution in [0.3, 0.4) is 0 Å². The van der Waals surface area contributed by atoms with Crippen LogP contribution in [-0.4, -0.2) is 47.8 Å². The maximum Gasteiger partial charge on any atom is 0.220 e. The molecule has 0 aromatic rings. The first-order chi connectivity index (χ1) is 27.3. The Morgan fingerprint density at radius 3 is 0.679 bits per heavy atom. The van der Waals surface area contributed by atoms with Crippen LogP contribution in [0.5, 0.6) is 0 Å². The first-order valence-electron chi connectivity index (χ1n) is 24.5. The highest BCUT2D eigenvalue weighted by Crippen LogP contribution is 2.21. The van der Waals surface area contributed by atoms with Gasteiger partial charge in [-0.1, -0.05) is 182 Å². The van der Waals surface area contributed by atoms with E-state index in [1.54, 1.807) is 0 Å². The van der Waals surface area contributed by atoms with Crippen LogP contribution >= 0.6 is 0 Å². The van der Waals surface area contributed by atoms with E-state index in [0.29, 0.717) is 25.7 Å². The number of carbonyl (C=O) groups excluding carboxylic acids is 4. The molecule has 2 aliphatic rings. The molecule has 0 bridgehead atoms. The Morgan fingerprint density at radius 2 is 0.482 bits per heavy atom. The smallest absolute Gasteiger partial charge is 0.220 e. The van der Waals surface area contributed by atoms with Gasteiger partial charge in [0.15, 0.2) is 0 Å². The van der Waals surface area contributed by atoms with Crippen molar-refractivity contribution in [3.05, 3.63) is 0 Å². The van der Waals surface area contributed by atoms with Crippen molar-refractivity contribution < 1.29 is 19.2 Å². The molecule has 2 aliphatic carbocycles. The van der Waals surface area contributed by atoms with Crippen LogP contribution in [0.4, 0.5) is 0 Å². The van der Waals surface area contributed by atoms with Crippen LogP contribution in [-0.2, 0) is 19.2 Å². The summed E-state index contributed by atoms with van der Waals surface area (Å²) in [6.45, 7) is 8.89. The highest BCUT2D eigenvalue weighted by molar-refractivity contribution is 5.78. The number of rotatable bonds is 32. The molecule has 4 N–H and O–H groups in total. The molecule has 328 valence electrons. The fourth-order valence-electron chi connectivity index (χ4n) is 8.33. The average molecular weight is 789 g/mol. The summed E-state index contributed by atoms with van der Waals surface area (Å²) in [6.07, 6.45) is 39.9. The van der Waals surface area contributed by atoms with Gasteiger partial charge in [-0.25, -0.2) is 0 Å². The van der Waals surface area contributed by atoms with Crippen LogP contribution in [0.25, 0.3) is 0 Å². The van der Waals surface area contributed by atoms with Crippen molar-refractivity contribution in [2.75, 3.05) is 0 Å². The molecule has 2 rings (SSSR count). The lowest BCUT2D eigenvalue weighted by Crippen LogP contribution is -2.53. The van der Waals surface area contributed by atoms with Crippen molar-refractivity contribution in [3.8, 4) is 0 Å². The van der Waals surface area contributed by atoms with Crippen LogP contribution in [0, 0.1) is 0 Å². The summed E-state index contributed by atoms with van der Waals surface area (Å²) in [4.78, 5) is 49.2. The van der Waals surface area contributed by atoms with Gasteiger partial charge >= 0.3 is 0 Å². The van der Waals surface area contributed by atoms with Crippen molar-refractivity contribution in [2.24, 2.45) is 0 Å². The first kappa shape index (κ1) is 51.9. The number of amides is 4. The molecule has 0 saturated heterocycles. The Morgan fingerprint density at radius 1 is 0.304 bits per heavy atom. The summed E-state index contributed by atoms with van der Waals surface area (Å²) in [6, 6.07) is 0.481. The summed E-state index contributed by atoms with van der Waals surface area (Å²) < 4.78 is 0. The van der Waals surface area contributed by atoms with E-state index in [-0.39, 0.29) is 47.8 Å². The van der Waals surface area contributed by atoms with Gasteiger partial charge in [0.05, 0.1) is 0 Å². The van der Waals surface area contributed by atoms with Crippen LogP contribution in [0.2, 0.25) is 0 Å². The molecule has 0 spiro atoms. The molecular weight excluding hydrogens is 697 g/mol.